The molecule has 0 spiro atoms. The average molecular weight is 365 g/mol. The first-order chi connectivity index (χ1) is 11.9. The molecule has 0 aliphatic heterocycles. The first kappa shape index (κ1) is 22.6. The van der Waals surface area contributed by atoms with E-state index in [0.29, 0.717) is 12.8 Å². The lowest BCUT2D eigenvalue weighted by Gasteiger charge is -2.34. The topological polar surface area (TPSA) is 94.5 Å². The number of aliphatic hydroxyl groups is 1. The second-order valence-electron chi connectivity index (χ2n) is 8.74. The SMILES string of the molecule is CC(C)CCC(=O)[C@@]1(O)C([O-])=C(C(=O)CC(C)C)C(=O)[C@@H]1CCC(C)C. The van der Waals surface area contributed by atoms with E-state index in [1.807, 2.05) is 41.5 Å². The van der Waals surface area contributed by atoms with E-state index in [2.05, 4.69) is 0 Å². The predicted octanol–water partition coefficient (Wildman–Crippen LogP) is 2.59. The van der Waals surface area contributed by atoms with Crippen LogP contribution in [0.15, 0.2) is 11.3 Å². The van der Waals surface area contributed by atoms with Crippen LogP contribution in [0.2, 0.25) is 0 Å². The zero-order chi connectivity index (χ0) is 20.2. The van der Waals surface area contributed by atoms with Crippen LogP contribution in [0.25, 0.3) is 0 Å². The standard InChI is InChI=1S/C21H34O5/c1-12(2)7-9-15-19(24)18(16(22)11-14(5)6)20(25)21(15,26)17(23)10-8-13(3)4/h12-15,25-26H,7-11H2,1-6H3/p-1/t15-,21+/m0/s1. The summed E-state index contributed by atoms with van der Waals surface area (Å²) in [5.74, 6) is -3.49. The first-order valence-corrected chi connectivity index (χ1v) is 9.67. The Balaban J connectivity index is 3.27. The van der Waals surface area contributed by atoms with Gasteiger partial charge in [-0.2, -0.15) is 0 Å². The maximum atomic E-state index is 12.9. The fourth-order valence-electron chi connectivity index (χ4n) is 3.33. The Labute approximate surface area is 156 Å². The number of hydrogen-bond acceptors (Lipinski definition) is 5. The van der Waals surface area contributed by atoms with Crippen molar-refractivity contribution < 1.29 is 24.6 Å². The Bertz CT molecular complexity index is 585. The van der Waals surface area contributed by atoms with Crippen molar-refractivity contribution >= 4 is 17.3 Å². The van der Waals surface area contributed by atoms with Crippen LogP contribution in [-0.4, -0.2) is 28.1 Å². The Kier molecular flexibility index (Phi) is 7.75. The highest BCUT2D eigenvalue weighted by atomic mass is 16.3. The molecule has 0 aromatic rings. The lowest BCUT2D eigenvalue weighted by atomic mass is 9.79. The molecule has 1 aliphatic carbocycles. The van der Waals surface area contributed by atoms with Gasteiger partial charge in [0.2, 0.25) is 0 Å². The maximum absolute atomic E-state index is 12.9. The summed E-state index contributed by atoms with van der Waals surface area (Å²) in [6.45, 7) is 11.5. The molecular weight excluding hydrogens is 332 g/mol. The molecule has 0 saturated carbocycles. The molecule has 2 atom stereocenters. The summed E-state index contributed by atoms with van der Waals surface area (Å²) < 4.78 is 0. The lowest BCUT2D eigenvalue weighted by Crippen LogP contribution is -2.49. The Morgan fingerprint density at radius 1 is 1.04 bits per heavy atom. The van der Waals surface area contributed by atoms with Crippen molar-refractivity contribution in [1.82, 2.24) is 0 Å². The molecule has 0 unspecified atom stereocenters. The van der Waals surface area contributed by atoms with E-state index < -0.39 is 40.2 Å². The number of carbonyl (C=O) groups excluding carboxylic acids is 3. The van der Waals surface area contributed by atoms with Gasteiger partial charge in [-0.05, 0) is 30.6 Å². The quantitative estimate of drug-likeness (QED) is 0.601. The van der Waals surface area contributed by atoms with Gasteiger partial charge in [-0.1, -0.05) is 53.7 Å². The molecule has 26 heavy (non-hydrogen) atoms. The molecule has 0 fully saturated rings. The van der Waals surface area contributed by atoms with Crippen LogP contribution in [0, 0.1) is 23.7 Å². The minimum Gasteiger partial charge on any atom is -0.873 e. The highest BCUT2D eigenvalue weighted by Crippen LogP contribution is 2.41. The molecule has 1 aliphatic rings. The van der Waals surface area contributed by atoms with Gasteiger partial charge < -0.3 is 10.2 Å². The number of carbonyl (C=O) groups is 3. The zero-order valence-electron chi connectivity index (χ0n) is 16.9. The van der Waals surface area contributed by atoms with Crippen molar-refractivity contribution in [2.24, 2.45) is 23.7 Å². The third-order valence-corrected chi connectivity index (χ3v) is 4.92. The summed E-state index contributed by atoms with van der Waals surface area (Å²) in [6.07, 6.45) is 1.42. The van der Waals surface area contributed by atoms with Crippen molar-refractivity contribution in [3.8, 4) is 0 Å². The molecule has 0 aromatic carbocycles. The molecule has 0 amide bonds. The predicted molar refractivity (Wildman–Crippen MR) is 98.1 cm³/mol. The number of hydrogen-bond donors (Lipinski definition) is 1. The summed E-state index contributed by atoms with van der Waals surface area (Å²) in [5.41, 5.74) is -2.85. The number of allylic oxidation sites excluding steroid dienone is 1. The van der Waals surface area contributed by atoms with Crippen molar-refractivity contribution in [2.75, 3.05) is 0 Å². The summed E-state index contributed by atoms with van der Waals surface area (Å²) in [4.78, 5) is 38.0. The molecule has 5 nitrogen and oxygen atoms in total. The minimum absolute atomic E-state index is 0.0185. The number of rotatable bonds is 10. The van der Waals surface area contributed by atoms with Crippen molar-refractivity contribution in [2.45, 2.75) is 79.2 Å². The van der Waals surface area contributed by atoms with E-state index in [4.69, 9.17) is 0 Å². The van der Waals surface area contributed by atoms with E-state index in [-0.39, 0.29) is 37.0 Å². The van der Waals surface area contributed by atoms with E-state index in [1.165, 1.54) is 0 Å². The molecule has 0 saturated heterocycles. The summed E-state index contributed by atoms with van der Waals surface area (Å²) in [7, 11) is 0. The van der Waals surface area contributed by atoms with Crippen molar-refractivity contribution in [3.63, 3.8) is 0 Å². The van der Waals surface area contributed by atoms with E-state index in [0.717, 1.165) is 0 Å². The smallest absolute Gasteiger partial charge is 0.172 e. The molecule has 1 N–H and O–H groups in total. The van der Waals surface area contributed by atoms with E-state index in [1.54, 1.807) is 0 Å². The van der Waals surface area contributed by atoms with E-state index >= 15 is 0 Å². The van der Waals surface area contributed by atoms with Crippen molar-refractivity contribution in [3.05, 3.63) is 11.3 Å². The first-order valence-electron chi connectivity index (χ1n) is 9.67. The Morgan fingerprint density at radius 3 is 2.04 bits per heavy atom. The van der Waals surface area contributed by atoms with Crippen LogP contribution in [0.5, 0.6) is 0 Å². The summed E-state index contributed by atoms with van der Waals surface area (Å²) in [6, 6.07) is 0. The normalized spacial score (nSPS) is 23.6. The van der Waals surface area contributed by atoms with Crippen LogP contribution in [0.1, 0.15) is 73.6 Å². The molecule has 1 rings (SSSR count). The van der Waals surface area contributed by atoms with Crippen LogP contribution < -0.4 is 5.11 Å². The monoisotopic (exact) mass is 365 g/mol. The van der Waals surface area contributed by atoms with Crippen LogP contribution in [-0.2, 0) is 14.4 Å². The fraction of sp³-hybridized carbons (Fsp3) is 0.762. The highest BCUT2D eigenvalue weighted by Gasteiger charge is 2.53. The van der Waals surface area contributed by atoms with Gasteiger partial charge in [0, 0.05) is 12.8 Å². The Hall–Kier alpha value is -1.49. The second-order valence-corrected chi connectivity index (χ2v) is 8.74. The molecule has 0 aromatic heterocycles. The summed E-state index contributed by atoms with van der Waals surface area (Å²) in [5, 5.41) is 23.9. The van der Waals surface area contributed by atoms with E-state index in [9.17, 15) is 24.6 Å². The van der Waals surface area contributed by atoms with Gasteiger partial charge >= 0.3 is 0 Å². The lowest BCUT2D eigenvalue weighted by molar-refractivity contribution is -0.330. The fourth-order valence-corrected chi connectivity index (χ4v) is 3.33. The number of ketones is 3. The molecule has 0 heterocycles. The highest BCUT2D eigenvalue weighted by molar-refractivity contribution is 6.25. The van der Waals surface area contributed by atoms with Gasteiger partial charge in [-0.3, -0.25) is 14.4 Å². The van der Waals surface area contributed by atoms with Gasteiger partial charge in [0.15, 0.2) is 17.3 Å². The third-order valence-electron chi connectivity index (χ3n) is 4.92. The van der Waals surface area contributed by atoms with Gasteiger partial charge in [0.05, 0.1) is 11.5 Å². The molecule has 0 radical (unpaired) electrons. The largest absolute Gasteiger partial charge is 0.873 e. The Morgan fingerprint density at radius 2 is 1.58 bits per heavy atom. The van der Waals surface area contributed by atoms with Gasteiger partial charge in [0.1, 0.15) is 5.60 Å². The molecular formula is C21H33O5-. The van der Waals surface area contributed by atoms with Crippen molar-refractivity contribution in [1.29, 1.82) is 0 Å². The van der Waals surface area contributed by atoms with Gasteiger partial charge in [-0.15, -0.1) is 0 Å². The average Bonchev–Trinajstić information content (AvgIpc) is 2.69. The van der Waals surface area contributed by atoms with Crippen LogP contribution in [0.4, 0.5) is 0 Å². The van der Waals surface area contributed by atoms with Gasteiger partial charge in [-0.25, -0.2) is 0 Å². The third kappa shape index (κ3) is 4.81. The zero-order valence-corrected chi connectivity index (χ0v) is 16.9. The van der Waals surface area contributed by atoms with Crippen LogP contribution in [0.3, 0.4) is 0 Å². The summed E-state index contributed by atoms with van der Waals surface area (Å²) >= 11 is 0. The molecule has 148 valence electrons. The molecule has 5 heteroatoms. The maximum Gasteiger partial charge on any atom is 0.172 e. The second kappa shape index (κ2) is 8.94. The van der Waals surface area contributed by atoms with Gasteiger partial charge in [0.25, 0.3) is 0 Å². The minimum atomic E-state index is -2.37. The molecule has 0 bridgehead atoms. The number of Topliss-reactive ketones (excluding diaryl/α,β-unsaturated/α-hetero) is 3. The van der Waals surface area contributed by atoms with Crippen LogP contribution >= 0.6 is 0 Å².